The van der Waals surface area contributed by atoms with Crippen molar-refractivity contribution < 1.29 is 31.5 Å². The number of nitrogens with one attached hydrogen (secondary N) is 1. The number of carbonyl (C=O) groups is 1. The van der Waals surface area contributed by atoms with Gasteiger partial charge >= 0.3 is 6.61 Å². The molecule has 2 heterocycles. The van der Waals surface area contributed by atoms with Crippen LogP contribution < -0.4 is 10.1 Å². The fraction of sp³-hybridized carbons (Fsp3) is 0.292. The maximum atomic E-state index is 14.6. The van der Waals surface area contributed by atoms with Crippen LogP contribution in [0.4, 0.5) is 27.6 Å². The molecule has 0 aliphatic heterocycles. The van der Waals surface area contributed by atoms with Crippen LogP contribution in [0, 0.1) is 5.82 Å². The molecule has 1 aromatic carbocycles. The Bertz CT molecular complexity index is 1160. The quantitative estimate of drug-likeness (QED) is 0.416. The summed E-state index contributed by atoms with van der Waals surface area (Å²) in [4.78, 5) is 21.0. The second kappa shape index (κ2) is 9.74. The topological polar surface area (TPSA) is 64.1 Å². The van der Waals surface area contributed by atoms with Gasteiger partial charge in [-0.1, -0.05) is 18.2 Å². The number of hydrogen-bond donors (Lipinski definition) is 1. The molecular formula is C24H20F5N3O2. The smallest absolute Gasteiger partial charge is 0.388 e. The number of ether oxygens (including phenoxy) is 1. The number of pyridine rings is 2. The molecule has 0 radical (unpaired) electrons. The van der Waals surface area contributed by atoms with Crippen LogP contribution in [0.2, 0.25) is 0 Å². The molecular weight excluding hydrogens is 457 g/mol. The van der Waals surface area contributed by atoms with E-state index in [9.17, 15) is 26.7 Å². The molecule has 1 amide bonds. The first-order valence-corrected chi connectivity index (χ1v) is 10.6. The molecule has 0 spiro atoms. The summed E-state index contributed by atoms with van der Waals surface area (Å²) >= 11 is 0. The third-order valence-electron chi connectivity index (χ3n) is 5.70. The van der Waals surface area contributed by atoms with Crippen LogP contribution in [0.25, 0.3) is 11.1 Å². The molecule has 178 valence electrons. The first kappa shape index (κ1) is 23.6. The van der Waals surface area contributed by atoms with Gasteiger partial charge in [0.05, 0.1) is 16.9 Å². The Morgan fingerprint density at radius 3 is 2.41 bits per heavy atom. The monoisotopic (exact) mass is 477 g/mol. The van der Waals surface area contributed by atoms with Gasteiger partial charge in [0.15, 0.2) is 0 Å². The Morgan fingerprint density at radius 1 is 1.03 bits per heavy atom. The van der Waals surface area contributed by atoms with Crippen molar-refractivity contribution >= 4 is 11.6 Å². The Morgan fingerprint density at radius 2 is 1.76 bits per heavy atom. The molecule has 4 rings (SSSR count). The van der Waals surface area contributed by atoms with Crippen LogP contribution in [-0.4, -0.2) is 28.4 Å². The number of halogens is 5. The van der Waals surface area contributed by atoms with E-state index in [1.54, 1.807) is 6.07 Å². The molecule has 1 saturated carbocycles. The Labute approximate surface area is 192 Å². The molecule has 1 N–H and O–H groups in total. The molecule has 1 aliphatic rings. The van der Waals surface area contributed by atoms with Gasteiger partial charge in [-0.15, -0.1) is 0 Å². The van der Waals surface area contributed by atoms with Crippen molar-refractivity contribution in [2.75, 3.05) is 5.32 Å². The molecule has 3 aromatic rings. The van der Waals surface area contributed by atoms with Gasteiger partial charge in [-0.05, 0) is 31.0 Å². The summed E-state index contributed by atoms with van der Waals surface area (Å²) in [5, 5.41) is 2.71. The van der Waals surface area contributed by atoms with E-state index in [1.807, 2.05) is 0 Å². The molecule has 0 bridgehead atoms. The van der Waals surface area contributed by atoms with Crippen LogP contribution in [0.3, 0.4) is 0 Å². The van der Waals surface area contributed by atoms with Gasteiger partial charge in [0.1, 0.15) is 5.82 Å². The number of amides is 1. The van der Waals surface area contributed by atoms with Gasteiger partial charge < -0.3 is 10.1 Å². The van der Waals surface area contributed by atoms with Crippen molar-refractivity contribution in [1.29, 1.82) is 0 Å². The first-order valence-electron chi connectivity index (χ1n) is 10.6. The van der Waals surface area contributed by atoms with Crippen molar-refractivity contribution in [2.45, 2.75) is 44.1 Å². The standard InChI is InChI=1S/C24H20F5N3O2/c25-18-4-2-1-3-16(18)17-9-12-30-20(14-7-10-24(28,29)11-8-14)21(17)32-22(33)15-5-6-19(31-13-15)34-23(26)27/h1-6,9,12-14,23H,7-8,10-11H2,(H,32,33). The van der Waals surface area contributed by atoms with Gasteiger partial charge in [0.25, 0.3) is 5.91 Å². The zero-order valence-corrected chi connectivity index (χ0v) is 17.8. The fourth-order valence-electron chi connectivity index (χ4n) is 4.00. The van der Waals surface area contributed by atoms with Crippen LogP contribution in [0.15, 0.2) is 54.9 Å². The van der Waals surface area contributed by atoms with E-state index in [2.05, 4.69) is 20.0 Å². The van der Waals surface area contributed by atoms with E-state index in [0.717, 1.165) is 12.3 Å². The third kappa shape index (κ3) is 5.32. The molecule has 1 fully saturated rings. The highest BCUT2D eigenvalue weighted by Crippen LogP contribution is 2.44. The zero-order valence-electron chi connectivity index (χ0n) is 17.8. The predicted molar refractivity (Wildman–Crippen MR) is 115 cm³/mol. The van der Waals surface area contributed by atoms with Gasteiger partial charge in [-0.25, -0.2) is 18.2 Å². The van der Waals surface area contributed by atoms with E-state index in [4.69, 9.17) is 0 Å². The maximum absolute atomic E-state index is 14.6. The van der Waals surface area contributed by atoms with Gasteiger partial charge in [0, 0.05) is 48.3 Å². The van der Waals surface area contributed by atoms with Gasteiger partial charge in [-0.3, -0.25) is 9.78 Å². The summed E-state index contributed by atoms with van der Waals surface area (Å²) < 4.78 is 71.0. The van der Waals surface area contributed by atoms with Crippen LogP contribution in [0.1, 0.15) is 47.7 Å². The van der Waals surface area contributed by atoms with Crippen molar-refractivity contribution in [1.82, 2.24) is 9.97 Å². The number of anilines is 1. The Hall–Kier alpha value is -3.56. The van der Waals surface area contributed by atoms with Crippen LogP contribution in [0.5, 0.6) is 5.88 Å². The minimum atomic E-state index is -3.06. The van der Waals surface area contributed by atoms with E-state index < -0.39 is 24.3 Å². The molecule has 0 atom stereocenters. The molecule has 2 aromatic heterocycles. The molecule has 5 nitrogen and oxygen atoms in total. The minimum Gasteiger partial charge on any atom is -0.417 e. The number of benzene rings is 1. The third-order valence-corrected chi connectivity index (χ3v) is 5.70. The number of aromatic nitrogens is 2. The lowest BCUT2D eigenvalue weighted by atomic mass is 9.83. The molecule has 10 heteroatoms. The van der Waals surface area contributed by atoms with E-state index in [0.29, 0.717) is 11.3 Å². The fourth-order valence-corrected chi connectivity index (χ4v) is 4.00. The van der Waals surface area contributed by atoms with Gasteiger partial charge in [-0.2, -0.15) is 8.78 Å². The van der Waals surface area contributed by atoms with Gasteiger partial charge in [0.2, 0.25) is 11.8 Å². The van der Waals surface area contributed by atoms with E-state index >= 15 is 0 Å². The number of alkyl halides is 4. The largest absolute Gasteiger partial charge is 0.417 e. The Kier molecular flexibility index (Phi) is 6.76. The zero-order chi connectivity index (χ0) is 24.3. The normalized spacial score (nSPS) is 15.8. The maximum Gasteiger partial charge on any atom is 0.388 e. The lowest BCUT2D eigenvalue weighted by Gasteiger charge is -2.29. The molecule has 0 saturated heterocycles. The molecule has 34 heavy (non-hydrogen) atoms. The van der Waals surface area contributed by atoms with E-state index in [1.165, 1.54) is 36.5 Å². The summed E-state index contributed by atoms with van der Waals surface area (Å²) in [5.41, 5.74) is 1.18. The summed E-state index contributed by atoms with van der Waals surface area (Å²) in [6.45, 7) is -3.06. The Balaban J connectivity index is 1.70. The average Bonchev–Trinajstić information content (AvgIpc) is 2.80. The highest BCUT2D eigenvalue weighted by molar-refractivity contribution is 6.06. The first-order chi connectivity index (χ1) is 16.2. The number of carbonyl (C=O) groups excluding carboxylic acids is 1. The van der Waals surface area contributed by atoms with Crippen molar-refractivity contribution in [3.05, 3.63) is 71.9 Å². The number of hydrogen-bond acceptors (Lipinski definition) is 4. The summed E-state index contributed by atoms with van der Waals surface area (Å²) in [7, 11) is 0. The lowest BCUT2D eigenvalue weighted by Crippen LogP contribution is -2.25. The van der Waals surface area contributed by atoms with Crippen molar-refractivity contribution in [2.24, 2.45) is 0 Å². The highest BCUT2D eigenvalue weighted by atomic mass is 19.3. The number of nitrogens with zero attached hydrogens (tertiary/aromatic N) is 2. The second-order valence-corrected chi connectivity index (χ2v) is 7.95. The van der Waals surface area contributed by atoms with Crippen LogP contribution in [-0.2, 0) is 0 Å². The predicted octanol–water partition coefficient (Wildman–Crippen LogP) is 6.43. The summed E-state index contributed by atoms with van der Waals surface area (Å²) in [6.07, 6.45) is 2.21. The van der Waals surface area contributed by atoms with Crippen molar-refractivity contribution in [3.8, 4) is 17.0 Å². The van der Waals surface area contributed by atoms with Crippen LogP contribution >= 0.6 is 0 Å². The lowest BCUT2D eigenvalue weighted by molar-refractivity contribution is -0.0528. The summed E-state index contributed by atoms with van der Waals surface area (Å²) in [5.74, 6) is -4.65. The number of rotatable bonds is 6. The van der Waals surface area contributed by atoms with Crippen molar-refractivity contribution in [3.63, 3.8) is 0 Å². The average molecular weight is 477 g/mol. The second-order valence-electron chi connectivity index (χ2n) is 7.95. The molecule has 0 unspecified atom stereocenters. The summed E-state index contributed by atoms with van der Waals surface area (Å²) in [6, 6.07) is 9.87. The minimum absolute atomic E-state index is 0.0334. The highest BCUT2D eigenvalue weighted by Gasteiger charge is 2.37. The van der Waals surface area contributed by atoms with E-state index in [-0.39, 0.29) is 54.3 Å². The molecule has 1 aliphatic carbocycles. The SMILES string of the molecule is O=C(Nc1c(-c2ccccc2F)ccnc1C1CCC(F)(F)CC1)c1ccc(OC(F)F)nc1.